The van der Waals surface area contributed by atoms with E-state index in [0.29, 0.717) is 5.56 Å². The van der Waals surface area contributed by atoms with Crippen LogP contribution in [-0.2, 0) is 28.6 Å². The number of aromatic nitrogens is 1. The van der Waals surface area contributed by atoms with E-state index < -0.39 is 58.8 Å². The van der Waals surface area contributed by atoms with Gasteiger partial charge in [-0.25, -0.2) is 4.79 Å². The van der Waals surface area contributed by atoms with Crippen LogP contribution in [0.5, 0.6) is 5.75 Å². The Morgan fingerprint density at radius 3 is 2.53 bits per heavy atom. The maximum Gasteiger partial charge on any atom is 0.345 e. The van der Waals surface area contributed by atoms with Gasteiger partial charge in [0, 0.05) is 56.6 Å². The summed E-state index contributed by atoms with van der Waals surface area (Å²) >= 11 is 0. The Morgan fingerprint density at radius 1 is 1.18 bits per heavy atom. The molecule has 11 nitrogen and oxygen atoms in total. The van der Waals surface area contributed by atoms with Gasteiger partial charge in [-0.1, -0.05) is 0 Å². The summed E-state index contributed by atoms with van der Waals surface area (Å²) < 4.78 is 28.4. The Hall–Kier alpha value is -3.73. The van der Waals surface area contributed by atoms with E-state index >= 15 is 0 Å². The van der Waals surface area contributed by atoms with E-state index in [9.17, 15) is 24.3 Å². The average Bonchev–Trinajstić information content (AvgIpc) is 2.83. The number of carbonyl (C=O) groups is 3. The van der Waals surface area contributed by atoms with Crippen LogP contribution in [0.4, 0.5) is 0 Å². The zero-order valence-corrected chi connectivity index (χ0v) is 21.9. The third kappa shape index (κ3) is 5.15. The molecule has 0 spiro atoms. The second-order valence-electron chi connectivity index (χ2n) is 10.2. The van der Waals surface area contributed by atoms with Gasteiger partial charge in [-0.2, -0.15) is 0 Å². The molecule has 1 N–H and O–H groups in total. The van der Waals surface area contributed by atoms with Crippen LogP contribution in [-0.4, -0.2) is 51.9 Å². The molecular formula is C27H31NO10. The summed E-state index contributed by atoms with van der Waals surface area (Å²) in [5, 5.41) is 11.5. The largest absolute Gasteiger partial charge is 0.482 e. The molecular weight excluding hydrogens is 498 g/mol. The molecule has 2 aromatic heterocycles. The van der Waals surface area contributed by atoms with Crippen molar-refractivity contribution in [2.45, 2.75) is 70.9 Å². The molecule has 4 rings (SSSR count). The van der Waals surface area contributed by atoms with E-state index in [2.05, 4.69) is 4.98 Å². The lowest BCUT2D eigenvalue weighted by molar-refractivity contribution is -0.215. The monoisotopic (exact) mass is 529 g/mol. The van der Waals surface area contributed by atoms with Crippen molar-refractivity contribution in [3.8, 4) is 17.1 Å². The van der Waals surface area contributed by atoms with Gasteiger partial charge in [0.05, 0.1) is 6.10 Å². The zero-order chi connectivity index (χ0) is 27.8. The predicted molar refractivity (Wildman–Crippen MR) is 131 cm³/mol. The number of hydrogen-bond acceptors (Lipinski definition) is 11. The molecule has 6 atom stereocenters. The number of rotatable bonds is 6. The maximum absolute atomic E-state index is 13.1. The Bertz CT molecular complexity index is 1290. The highest BCUT2D eigenvalue weighted by atomic mass is 16.6. The Balaban J connectivity index is 1.78. The lowest BCUT2D eigenvalue weighted by atomic mass is 9.62. The lowest BCUT2D eigenvalue weighted by Gasteiger charge is -2.54. The van der Waals surface area contributed by atoms with Crippen molar-refractivity contribution >= 4 is 17.9 Å². The number of aliphatic hydroxyl groups is 1. The van der Waals surface area contributed by atoms with Crippen LogP contribution in [0, 0.1) is 11.8 Å². The first-order chi connectivity index (χ1) is 17.8. The Labute approximate surface area is 219 Å². The second-order valence-corrected chi connectivity index (χ2v) is 10.2. The van der Waals surface area contributed by atoms with Crippen LogP contribution < -0.4 is 10.4 Å². The van der Waals surface area contributed by atoms with Gasteiger partial charge in [-0.15, -0.1) is 0 Å². The number of fused-ring (bicyclic) bond motifs is 2. The number of hydrogen-bond donors (Lipinski definition) is 1. The van der Waals surface area contributed by atoms with Crippen LogP contribution in [0.25, 0.3) is 11.3 Å². The fourth-order valence-electron chi connectivity index (χ4n) is 5.54. The summed E-state index contributed by atoms with van der Waals surface area (Å²) in [6.07, 6.45) is 1.24. The highest BCUT2D eigenvalue weighted by Gasteiger charge is 2.60. The molecule has 1 saturated carbocycles. The molecule has 1 aliphatic carbocycles. The SMILES string of the molecule is CC(=O)OC[C@@](C)(OC(C)=O)C1C[C@@H]2[C@@H](O)c3c(cc(-c4cccnc4)oc3=O)O[C@@]2(C)[C@H](OC(C)=O)C1. The molecule has 1 aliphatic heterocycles. The highest BCUT2D eigenvalue weighted by molar-refractivity contribution is 5.68. The number of esters is 3. The molecule has 0 saturated heterocycles. The fraction of sp³-hybridized carbons (Fsp3) is 0.519. The van der Waals surface area contributed by atoms with E-state index in [0.717, 1.165) is 0 Å². The molecule has 3 heterocycles. The van der Waals surface area contributed by atoms with Crippen LogP contribution in [0.2, 0.25) is 0 Å². The summed E-state index contributed by atoms with van der Waals surface area (Å²) in [6, 6.07) is 4.92. The molecule has 1 unspecified atom stereocenters. The molecule has 0 radical (unpaired) electrons. The van der Waals surface area contributed by atoms with E-state index in [4.69, 9.17) is 23.4 Å². The smallest absolute Gasteiger partial charge is 0.345 e. The van der Waals surface area contributed by atoms with Gasteiger partial charge in [0.25, 0.3) is 0 Å². The van der Waals surface area contributed by atoms with Gasteiger partial charge < -0.3 is 28.5 Å². The quantitative estimate of drug-likeness (QED) is 0.434. The Kier molecular flexibility index (Phi) is 7.33. The first-order valence-corrected chi connectivity index (χ1v) is 12.3. The van der Waals surface area contributed by atoms with Crippen LogP contribution in [0.1, 0.15) is 59.1 Å². The van der Waals surface area contributed by atoms with Crippen LogP contribution in [0.3, 0.4) is 0 Å². The molecule has 204 valence electrons. The minimum atomic E-state index is -1.35. The van der Waals surface area contributed by atoms with Gasteiger partial charge in [0.15, 0.2) is 0 Å². The minimum absolute atomic E-state index is 0.0588. The molecule has 38 heavy (non-hydrogen) atoms. The minimum Gasteiger partial charge on any atom is -0.482 e. The lowest BCUT2D eigenvalue weighted by Crippen LogP contribution is -2.63. The normalized spacial score (nSPS) is 27.5. The van der Waals surface area contributed by atoms with E-state index in [1.165, 1.54) is 33.0 Å². The highest BCUT2D eigenvalue weighted by Crippen LogP contribution is 2.54. The summed E-state index contributed by atoms with van der Waals surface area (Å²) in [7, 11) is 0. The van der Waals surface area contributed by atoms with Crippen molar-refractivity contribution in [1.29, 1.82) is 0 Å². The second kappa shape index (κ2) is 10.2. The van der Waals surface area contributed by atoms with Crippen LogP contribution in [0.15, 0.2) is 39.8 Å². The van der Waals surface area contributed by atoms with Crippen molar-refractivity contribution in [3.05, 3.63) is 46.6 Å². The van der Waals surface area contributed by atoms with Gasteiger partial charge in [0.1, 0.15) is 41.0 Å². The van der Waals surface area contributed by atoms with Crippen molar-refractivity contribution in [2.75, 3.05) is 6.61 Å². The van der Waals surface area contributed by atoms with Crippen molar-refractivity contribution in [1.82, 2.24) is 4.98 Å². The summed E-state index contributed by atoms with van der Waals surface area (Å²) in [4.78, 5) is 52.8. The van der Waals surface area contributed by atoms with Crippen molar-refractivity contribution in [3.63, 3.8) is 0 Å². The van der Waals surface area contributed by atoms with Crippen molar-refractivity contribution in [2.24, 2.45) is 11.8 Å². The molecule has 2 aliphatic rings. The average molecular weight is 530 g/mol. The summed E-state index contributed by atoms with van der Waals surface area (Å²) in [5.41, 5.74) is -2.83. The first kappa shape index (κ1) is 27.3. The number of nitrogens with zero attached hydrogens (tertiary/aromatic N) is 1. The molecule has 11 heteroatoms. The van der Waals surface area contributed by atoms with E-state index in [-0.39, 0.29) is 36.5 Å². The molecule has 0 bridgehead atoms. The predicted octanol–water partition coefficient (Wildman–Crippen LogP) is 2.73. The summed E-state index contributed by atoms with van der Waals surface area (Å²) in [5.74, 6) is -2.70. The molecule has 0 amide bonds. The molecule has 0 aromatic carbocycles. The van der Waals surface area contributed by atoms with E-state index in [1.807, 2.05) is 0 Å². The topological polar surface area (TPSA) is 151 Å². The van der Waals surface area contributed by atoms with Gasteiger partial charge in [0.2, 0.25) is 0 Å². The Morgan fingerprint density at radius 2 is 1.92 bits per heavy atom. The third-order valence-electron chi connectivity index (χ3n) is 7.43. The number of pyridine rings is 1. The number of ether oxygens (including phenoxy) is 4. The standard InChI is InChI=1S/C27H31NO10/c1-14(29)34-13-26(4,37-16(3)31)18-9-19-24(32)23-21(38-27(19,5)22(10-18)35-15(2)30)11-20(36-25(23)33)17-7-6-8-28-12-17/h6-8,11-12,18-19,22,24,32H,9-10,13H2,1-5H3/t18?,19-,22-,24-,26-,27-/m1/s1. The van der Waals surface area contributed by atoms with Gasteiger partial charge >= 0.3 is 23.5 Å². The van der Waals surface area contributed by atoms with Crippen molar-refractivity contribution < 1.29 is 42.9 Å². The first-order valence-electron chi connectivity index (χ1n) is 12.3. The maximum atomic E-state index is 13.1. The van der Waals surface area contributed by atoms with Gasteiger partial charge in [-0.3, -0.25) is 19.4 Å². The summed E-state index contributed by atoms with van der Waals surface area (Å²) in [6.45, 7) is 6.82. The number of carbonyl (C=O) groups excluding carboxylic acids is 3. The molecule has 1 fully saturated rings. The third-order valence-corrected chi connectivity index (χ3v) is 7.43. The molecule has 2 aromatic rings. The van der Waals surface area contributed by atoms with Crippen LogP contribution >= 0.6 is 0 Å². The fourth-order valence-corrected chi connectivity index (χ4v) is 5.54. The number of aliphatic hydroxyl groups excluding tert-OH is 1. The van der Waals surface area contributed by atoms with Gasteiger partial charge in [-0.05, 0) is 38.8 Å². The van der Waals surface area contributed by atoms with E-state index in [1.54, 1.807) is 32.2 Å². The zero-order valence-electron chi connectivity index (χ0n) is 21.9.